The van der Waals surface area contributed by atoms with Gasteiger partial charge in [0, 0.05) is 5.39 Å². The zero-order valence-electron chi connectivity index (χ0n) is 9.20. The molecule has 0 fully saturated rings. The first kappa shape index (κ1) is 9.84. The number of ether oxygens (including phenoxy) is 2. The number of hydrogen-bond acceptors (Lipinski definition) is 2. The SMILES string of the molecule is COc1ccc2c(OC)cccc2c1C. The Morgan fingerprint density at radius 2 is 1.53 bits per heavy atom. The van der Waals surface area contributed by atoms with Gasteiger partial charge in [-0.25, -0.2) is 0 Å². The molecule has 2 heteroatoms. The zero-order chi connectivity index (χ0) is 10.8. The van der Waals surface area contributed by atoms with Gasteiger partial charge in [-0.1, -0.05) is 12.1 Å². The van der Waals surface area contributed by atoms with Crippen molar-refractivity contribution in [2.24, 2.45) is 0 Å². The van der Waals surface area contributed by atoms with E-state index >= 15 is 0 Å². The summed E-state index contributed by atoms with van der Waals surface area (Å²) in [7, 11) is 3.38. The Labute approximate surface area is 89.4 Å². The molecule has 0 saturated carbocycles. The summed E-state index contributed by atoms with van der Waals surface area (Å²) in [6.07, 6.45) is 0. The Morgan fingerprint density at radius 1 is 0.800 bits per heavy atom. The third kappa shape index (κ3) is 1.52. The van der Waals surface area contributed by atoms with E-state index in [4.69, 9.17) is 9.47 Å². The summed E-state index contributed by atoms with van der Waals surface area (Å²) in [4.78, 5) is 0. The molecule has 0 bridgehead atoms. The fourth-order valence-corrected chi connectivity index (χ4v) is 1.86. The van der Waals surface area contributed by atoms with Crippen LogP contribution in [0.15, 0.2) is 30.3 Å². The molecular weight excluding hydrogens is 188 g/mol. The van der Waals surface area contributed by atoms with Crippen molar-refractivity contribution in [2.45, 2.75) is 6.92 Å². The van der Waals surface area contributed by atoms with Gasteiger partial charge in [-0.3, -0.25) is 0 Å². The summed E-state index contributed by atoms with van der Waals surface area (Å²) in [5, 5.41) is 2.30. The maximum Gasteiger partial charge on any atom is 0.126 e. The molecule has 0 N–H and O–H groups in total. The number of methoxy groups -OCH3 is 2. The van der Waals surface area contributed by atoms with E-state index in [0.29, 0.717) is 0 Å². The largest absolute Gasteiger partial charge is 0.496 e. The van der Waals surface area contributed by atoms with Crippen molar-refractivity contribution in [3.63, 3.8) is 0 Å². The lowest BCUT2D eigenvalue weighted by Crippen LogP contribution is -1.90. The van der Waals surface area contributed by atoms with Gasteiger partial charge in [-0.2, -0.15) is 0 Å². The van der Waals surface area contributed by atoms with E-state index in [0.717, 1.165) is 22.4 Å². The van der Waals surface area contributed by atoms with E-state index in [-0.39, 0.29) is 0 Å². The smallest absolute Gasteiger partial charge is 0.126 e. The molecule has 0 aliphatic rings. The highest BCUT2D eigenvalue weighted by Gasteiger charge is 2.06. The van der Waals surface area contributed by atoms with Gasteiger partial charge >= 0.3 is 0 Å². The highest BCUT2D eigenvalue weighted by atomic mass is 16.5. The Morgan fingerprint density at radius 3 is 2.20 bits per heavy atom. The molecule has 0 spiro atoms. The van der Waals surface area contributed by atoms with Crippen LogP contribution in [0.2, 0.25) is 0 Å². The van der Waals surface area contributed by atoms with Crippen molar-refractivity contribution in [1.82, 2.24) is 0 Å². The van der Waals surface area contributed by atoms with Crippen LogP contribution in [0.3, 0.4) is 0 Å². The van der Waals surface area contributed by atoms with Crippen molar-refractivity contribution in [2.75, 3.05) is 14.2 Å². The topological polar surface area (TPSA) is 18.5 Å². The van der Waals surface area contributed by atoms with Crippen LogP contribution in [0.4, 0.5) is 0 Å². The van der Waals surface area contributed by atoms with Crippen molar-refractivity contribution in [3.8, 4) is 11.5 Å². The highest BCUT2D eigenvalue weighted by molar-refractivity contribution is 5.92. The van der Waals surface area contributed by atoms with Crippen LogP contribution in [-0.2, 0) is 0 Å². The zero-order valence-corrected chi connectivity index (χ0v) is 9.20. The number of fused-ring (bicyclic) bond motifs is 1. The van der Waals surface area contributed by atoms with Gasteiger partial charge in [-0.15, -0.1) is 0 Å². The standard InChI is InChI=1S/C13H14O2/c1-9-10-5-4-6-13(15-3)11(10)7-8-12(9)14-2/h4-8H,1-3H3. The van der Waals surface area contributed by atoms with E-state index in [1.54, 1.807) is 14.2 Å². The minimum absolute atomic E-state index is 0.901. The monoisotopic (exact) mass is 202 g/mol. The third-order valence-electron chi connectivity index (χ3n) is 2.68. The predicted molar refractivity (Wildman–Crippen MR) is 61.8 cm³/mol. The molecule has 0 unspecified atom stereocenters. The summed E-state index contributed by atoms with van der Waals surface area (Å²) in [6.45, 7) is 2.06. The summed E-state index contributed by atoms with van der Waals surface area (Å²) in [5.74, 6) is 1.81. The minimum Gasteiger partial charge on any atom is -0.496 e. The maximum absolute atomic E-state index is 5.32. The van der Waals surface area contributed by atoms with E-state index in [1.165, 1.54) is 5.39 Å². The molecule has 2 nitrogen and oxygen atoms in total. The van der Waals surface area contributed by atoms with Crippen LogP contribution in [-0.4, -0.2) is 14.2 Å². The Kier molecular flexibility index (Phi) is 2.50. The van der Waals surface area contributed by atoms with Crippen LogP contribution >= 0.6 is 0 Å². The molecule has 0 saturated heterocycles. The average molecular weight is 202 g/mol. The first-order valence-corrected chi connectivity index (χ1v) is 4.88. The fraction of sp³-hybridized carbons (Fsp3) is 0.231. The molecule has 0 aromatic heterocycles. The van der Waals surface area contributed by atoms with Gasteiger partial charge in [0.2, 0.25) is 0 Å². The molecule has 0 heterocycles. The second-order valence-electron chi connectivity index (χ2n) is 3.45. The minimum atomic E-state index is 0.901. The molecule has 15 heavy (non-hydrogen) atoms. The van der Waals surface area contributed by atoms with Gasteiger partial charge in [-0.05, 0) is 36.1 Å². The van der Waals surface area contributed by atoms with Gasteiger partial charge in [0.05, 0.1) is 14.2 Å². The van der Waals surface area contributed by atoms with Gasteiger partial charge < -0.3 is 9.47 Å². The van der Waals surface area contributed by atoms with Crippen LogP contribution in [0, 0.1) is 6.92 Å². The fourth-order valence-electron chi connectivity index (χ4n) is 1.86. The highest BCUT2D eigenvalue weighted by Crippen LogP contribution is 2.32. The molecule has 2 rings (SSSR count). The lowest BCUT2D eigenvalue weighted by Gasteiger charge is -2.10. The Balaban J connectivity index is 2.78. The molecule has 0 aliphatic carbocycles. The van der Waals surface area contributed by atoms with E-state index in [2.05, 4.69) is 13.0 Å². The average Bonchev–Trinajstić information content (AvgIpc) is 2.29. The van der Waals surface area contributed by atoms with E-state index in [1.807, 2.05) is 24.3 Å². The Hall–Kier alpha value is -1.70. The normalized spacial score (nSPS) is 10.3. The number of rotatable bonds is 2. The summed E-state index contributed by atoms with van der Waals surface area (Å²) < 4.78 is 10.6. The second kappa shape index (κ2) is 3.81. The van der Waals surface area contributed by atoms with Crippen molar-refractivity contribution >= 4 is 10.8 Å². The second-order valence-corrected chi connectivity index (χ2v) is 3.45. The van der Waals surface area contributed by atoms with E-state index < -0.39 is 0 Å². The van der Waals surface area contributed by atoms with Crippen molar-refractivity contribution in [1.29, 1.82) is 0 Å². The van der Waals surface area contributed by atoms with Gasteiger partial charge in [0.1, 0.15) is 11.5 Å². The quantitative estimate of drug-likeness (QED) is 0.744. The lowest BCUT2D eigenvalue weighted by molar-refractivity contribution is 0.411. The molecule has 0 amide bonds. The molecule has 2 aromatic carbocycles. The number of hydrogen-bond donors (Lipinski definition) is 0. The van der Waals surface area contributed by atoms with E-state index in [9.17, 15) is 0 Å². The van der Waals surface area contributed by atoms with Gasteiger partial charge in [0.15, 0.2) is 0 Å². The first-order valence-electron chi connectivity index (χ1n) is 4.88. The number of aryl methyl sites for hydroxylation is 1. The molecular formula is C13H14O2. The molecule has 0 radical (unpaired) electrons. The lowest BCUT2D eigenvalue weighted by atomic mass is 10.0. The van der Waals surface area contributed by atoms with Crippen LogP contribution < -0.4 is 9.47 Å². The number of benzene rings is 2. The molecule has 78 valence electrons. The molecule has 0 atom stereocenters. The maximum atomic E-state index is 5.32. The summed E-state index contributed by atoms with van der Waals surface area (Å²) in [5.41, 5.74) is 1.15. The van der Waals surface area contributed by atoms with Gasteiger partial charge in [0.25, 0.3) is 0 Å². The van der Waals surface area contributed by atoms with Crippen molar-refractivity contribution < 1.29 is 9.47 Å². The molecule has 0 aliphatic heterocycles. The van der Waals surface area contributed by atoms with Crippen LogP contribution in [0.5, 0.6) is 11.5 Å². The summed E-state index contributed by atoms with van der Waals surface area (Å²) in [6, 6.07) is 10.0. The van der Waals surface area contributed by atoms with Crippen molar-refractivity contribution in [3.05, 3.63) is 35.9 Å². The molecule has 2 aromatic rings. The first-order chi connectivity index (χ1) is 7.27. The Bertz CT molecular complexity index is 489. The predicted octanol–water partition coefficient (Wildman–Crippen LogP) is 3.17. The summed E-state index contributed by atoms with van der Waals surface area (Å²) >= 11 is 0. The van der Waals surface area contributed by atoms with Crippen LogP contribution in [0.1, 0.15) is 5.56 Å². The van der Waals surface area contributed by atoms with Crippen LogP contribution in [0.25, 0.3) is 10.8 Å². The third-order valence-corrected chi connectivity index (χ3v) is 2.68.